The van der Waals surface area contributed by atoms with E-state index in [0.29, 0.717) is 6.42 Å². The van der Waals surface area contributed by atoms with Crippen LogP contribution in [-0.2, 0) is 17.8 Å². The fraction of sp³-hybridized carbons (Fsp3) is 0.619. The number of halogens is 1. The van der Waals surface area contributed by atoms with Gasteiger partial charge in [0.2, 0.25) is 5.91 Å². The van der Waals surface area contributed by atoms with Gasteiger partial charge in [-0.2, -0.15) is 0 Å². The van der Waals surface area contributed by atoms with Crippen molar-refractivity contribution >= 4 is 35.8 Å². The van der Waals surface area contributed by atoms with Gasteiger partial charge in [0.25, 0.3) is 0 Å². The topological polar surface area (TPSA) is 60.0 Å². The van der Waals surface area contributed by atoms with Crippen LogP contribution in [0.4, 0.5) is 0 Å². The number of nitrogens with zero attached hydrogens (tertiary/aromatic N) is 3. The largest absolute Gasteiger partial charge is 0.355 e. The molecule has 2 fully saturated rings. The summed E-state index contributed by atoms with van der Waals surface area (Å²) in [5.41, 5.74) is 3.06. The molecule has 0 aromatic heterocycles. The summed E-state index contributed by atoms with van der Waals surface area (Å²) in [4.78, 5) is 21.1. The molecule has 1 atom stereocenters. The van der Waals surface area contributed by atoms with Crippen molar-refractivity contribution in [1.29, 1.82) is 0 Å². The molecule has 1 aromatic rings. The molecule has 4 rings (SSSR count). The lowest BCUT2D eigenvalue weighted by Gasteiger charge is -2.41. The summed E-state index contributed by atoms with van der Waals surface area (Å²) in [7, 11) is 1.86. The normalized spacial score (nSPS) is 25.2. The van der Waals surface area contributed by atoms with Crippen molar-refractivity contribution in [2.75, 3.05) is 46.3 Å². The van der Waals surface area contributed by atoms with E-state index in [9.17, 15) is 4.79 Å². The Kier molecular flexibility index (Phi) is 7.20. The fourth-order valence-corrected chi connectivity index (χ4v) is 4.83. The summed E-state index contributed by atoms with van der Waals surface area (Å²) in [5.74, 6) is 1.18. The summed E-state index contributed by atoms with van der Waals surface area (Å²) in [6.45, 7) is 6.83. The predicted octanol–water partition coefficient (Wildman–Crippen LogP) is 1.84. The van der Waals surface area contributed by atoms with E-state index in [2.05, 4.69) is 49.7 Å². The van der Waals surface area contributed by atoms with Gasteiger partial charge < -0.3 is 15.5 Å². The number of piperidine rings is 1. The number of likely N-dealkylation sites (tertiary alicyclic amines) is 1. The molecular formula is C21H32IN5O. The van der Waals surface area contributed by atoms with Crippen LogP contribution in [0.3, 0.4) is 0 Å². The zero-order chi connectivity index (χ0) is 18.7. The molecule has 1 aromatic carbocycles. The van der Waals surface area contributed by atoms with Crippen molar-refractivity contribution < 1.29 is 4.79 Å². The van der Waals surface area contributed by atoms with Crippen LogP contribution in [0.25, 0.3) is 0 Å². The minimum atomic E-state index is 0. The smallest absolute Gasteiger partial charge is 0.220 e. The number of benzene rings is 1. The van der Waals surface area contributed by atoms with Gasteiger partial charge in [-0.05, 0) is 30.4 Å². The molecule has 1 spiro atoms. The Morgan fingerprint density at radius 3 is 2.86 bits per heavy atom. The number of rotatable bonds is 3. The first kappa shape index (κ1) is 21.4. The monoisotopic (exact) mass is 497 g/mol. The summed E-state index contributed by atoms with van der Waals surface area (Å²) >= 11 is 0. The van der Waals surface area contributed by atoms with Crippen molar-refractivity contribution in [3.05, 3.63) is 35.4 Å². The second-order valence-corrected chi connectivity index (χ2v) is 8.25. The summed E-state index contributed by atoms with van der Waals surface area (Å²) in [6, 6.07) is 8.77. The SMILES string of the molecule is CN=C(NCCN1CCc2ccccc2C1)N1CCCC2(CNC(=O)C2)C1.I. The van der Waals surface area contributed by atoms with E-state index in [1.807, 2.05) is 7.05 Å². The van der Waals surface area contributed by atoms with Crippen LogP contribution in [-0.4, -0.2) is 68.0 Å². The van der Waals surface area contributed by atoms with Crippen LogP contribution >= 0.6 is 24.0 Å². The van der Waals surface area contributed by atoms with Gasteiger partial charge in [-0.15, -0.1) is 24.0 Å². The van der Waals surface area contributed by atoms with Crippen LogP contribution in [0.2, 0.25) is 0 Å². The van der Waals surface area contributed by atoms with Crippen molar-refractivity contribution in [2.24, 2.45) is 10.4 Å². The third-order valence-electron chi connectivity index (χ3n) is 6.29. The quantitative estimate of drug-likeness (QED) is 0.380. The van der Waals surface area contributed by atoms with Crippen LogP contribution in [0, 0.1) is 5.41 Å². The number of aliphatic imine (C=N–C) groups is 1. The molecule has 6 nitrogen and oxygen atoms in total. The number of hydrogen-bond donors (Lipinski definition) is 2. The molecule has 3 aliphatic rings. The number of carbonyl (C=O) groups excluding carboxylic acids is 1. The lowest BCUT2D eigenvalue weighted by molar-refractivity contribution is -0.119. The van der Waals surface area contributed by atoms with E-state index in [-0.39, 0.29) is 35.3 Å². The van der Waals surface area contributed by atoms with Gasteiger partial charge in [-0.3, -0.25) is 14.7 Å². The summed E-state index contributed by atoms with van der Waals surface area (Å²) < 4.78 is 0. The number of carbonyl (C=O) groups is 1. The third kappa shape index (κ3) is 4.79. The van der Waals surface area contributed by atoms with Gasteiger partial charge in [0, 0.05) is 64.7 Å². The zero-order valence-electron chi connectivity index (χ0n) is 16.7. The van der Waals surface area contributed by atoms with Gasteiger partial charge in [-0.1, -0.05) is 24.3 Å². The van der Waals surface area contributed by atoms with E-state index in [1.54, 1.807) is 0 Å². The van der Waals surface area contributed by atoms with Crippen LogP contribution in [0.15, 0.2) is 29.3 Å². The Morgan fingerprint density at radius 1 is 1.29 bits per heavy atom. The molecular weight excluding hydrogens is 465 g/mol. The molecule has 28 heavy (non-hydrogen) atoms. The van der Waals surface area contributed by atoms with E-state index in [0.717, 1.165) is 71.0 Å². The molecule has 3 heterocycles. The Labute approximate surface area is 185 Å². The van der Waals surface area contributed by atoms with Crippen LogP contribution < -0.4 is 10.6 Å². The molecule has 1 unspecified atom stereocenters. The number of hydrogen-bond acceptors (Lipinski definition) is 3. The highest BCUT2D eigenvalue weighted by Crippen LogP contribution is 2.35. The first-order valence-corrected chi connectivity index (χ1v) is 10.2. The number of nitrogens with one attached hydrogen (secondary N) is 2. The summed E-state index contributed by atoms with van der Waals surface area (Å²) in [5, 5.41) is 6.58. The average Bonchev–Trinajstić information content (AvgIpc) is 3.04. The maximum Gasteiger partial charge on any atom is 0.220 e. The standard InChI is InChI=1S/C21H31N5O.HI/c1-22-20(26-10-4-8-21(16-26)13-19(27)24-15-21)23-9-12-25-11-7-17-5-2-3-6-18(17)14-25;/h2-3,5-6H,4,7-16H2,1H3,(H,22,23)(H,24,27);1H. The molecule has 7 heteroatoms. The van der Waals surface area contributed by atoms with E-state index in [1.165, 1.54) is 11.1 Å². The van der Waals surface area contributed by atoms with Crippen LogP contribution in [0.5, 0.6) is 0 Å². The molecule has 1 amide bonds. The molecule has 0 bridgehead atoms. The molecule has 2 N–H and O–H groups in total. The Hall–Kier alpha value is -1.35. The highest BCUT2D eigenvalue weighted by atomic mass is 127. The molecule has 3 aliphatic heterocycles. The highest BCUT2D eigenvalue weighted by molar-refractivity contribution is 14.0. The average molecular weight is 497 g/mol. The van der Waals surface area contributed by atoms with E-state index in [4.69, 9.17) is 0 Å². The number of amides is 1. The minimum absolute atomic E-state index is 0. The van der Waals surface area contributed by atoms with Crippen molar-refractivity contribution in [3.63, 3.8) is 0 Å². The third-order valence-corrected chi connectivity index (χ3v) is 6.29. The first-order chi connectivity index (χ1) is 13.2. The zero-order valence-corrected chi connectivity index (χ0v) is 19.1. The number of fused-ring (bicyclic) bond motifs is 1. The van der Waals surface area contributed by atoms with E-state index < -0.39 is 0 Å². The van der Waals surface area contributed by atoms with Gasteiger partial charge in [-0.25, -0.2) is 0 Å². The molecule has 2 saturated heterocycles. The van der Waals surface area contributed by atoms with Crippen molar-refractivity contribution in [1.82, 2.24) is 20.4 Å². The van der Waals surface area contributed by atoms with E-state index >= 15 is 0 Å². The molecule has 0 radical (unpaired) electrons. The highest BCUT2D eigenvalue weighted by Gasteiger charge is 2.42. The predicted molar refractivity (Wildman–Crippen MR) is 123 cm³/mol. The lowest BCUT2D eigenvalue weighted by Crippen LogP contribution is -2.52. The van der Waals surface area contributed by atoms with Crippen molar-refractivity contribution in [2.45, 2.75) is 32.2 Å². The molecule has 0 saturated carbocycles. The number of guanidine groups is 1. The van der Waals surface area contributed by atoms with Gasteiger partial charge in [0.1, 0.15) is 0 Å². The lowest BCUT2D eigenvalue weighted by atomic mass is 9.79. The second kappa shape index (κ2) is 9.43. The maximum atomic E-state index is 11.7. The molecule has 0 aliphatic carbocycles. The summed E-state index contributed by atoms with van der Waals surface area (Å²) in [6.07, 6.45) is 4.05. The Balaban J connectivity index is 0.00000225. The Morgan fingerprint density at radius 2 is 2.11 bits per heavy atom. The second-order valence-electron chi connectivity index (χ2n) is 8.25. The van der Waals surface area contributed by atoms with Crippen LogP contribution in [0.1, 0.15) is 30.4 Å². The van der Waals surface area contributed by atoms with Gasteiger partial charge in [0.15, 0.2) is 5.96 Å². The fourth-order valence-electron chi connectivity index (χ4n) is 4.83. The van der Waals surface area contributed by atoms with Gasteiger partial charge in [0.05, 0.1) is 0 Å². The maximum absolute atomic E-state index is 11.7. The van der Waals surface area contributed by atoms with Gasteiger partial charge >= 0.3 is 0 Å². The molecule has 154 valence electrons. The van der Waals surface area contributed by atoms with Crippen molar-refractivity contribution in [3.8, 4) is 0 Å². The minimum Gasteiger partial charge on any atom is -0.355 e. The Bertz CT molecular complexity index is 725. The first-order valence-electron chi connectivity index (χ1n) is 10.2.